The number of amides is 1. The second kappa shape index (κ2) is 9.72. The first kappa shape index (κ1) is 23.6. The van der Waals surface area contributed by atoms with Gasteiger partial charge in [0.25, 0.3) is 5.91 Å². The zero-order valence-electron chi connectivity index (χ0n) is 19.9. The first-order valence-corrected chi connectivity index (χ1v) is 11.5. The summed E-state index contributed by atoms with van der Waals surface area (Å²) in [6.45, 7) is 10.7. The highest BCUT2D eigenvalue weighted by Gasteiger charge is 2.25. The Hall–Kier alpha value is -3.59. The van der Waals surface area contributed by atoms with E-state index in [-0.39, 0.29) is 35.2 Å². The predicted octanol–water partition coefficient (Wildman–Crippen LogP) is 3.44. The normalized spacial score (nSPS) is 14.1. The molecule has 0 atom stereocenters. The number of aromatic nitrogens is 3. The number of ether oxygens (including phenoxy) is 1. The van der Waals surface area contributed by atoms with E-state index in [4.69, 9.17) is 4.74 Å². The van der Waals surface area contributed by atoms with Crippen LogP contribution < -0.4 is 10.2 Å². The molecule has 9 heteroatoms. The smallest absolute Gasteiger partial charge is 0.289 e. The molecule has 9 nitrogen and oxygen atoms in total. The summed E-state index contributed by atoms with van der Waals surface area (Å²) in [6.07, 6.45) is 0. The van der Waals surface area contributed by atoms with Crippen molar-refractivity contribution in [2.75, 3.05) is 31.2 Å². The molecular formula is C25H31N5O4. The van der Waals surface area contributed by atoms with Gasteiger partial charge < -0.3 is 25.2 Å². The van der Waals surface area contributed by atoms with Gasteiger partial charge in [-0.1, -0.05) is 13.8 Å². The van der Waals surface area contributed by atoms with Crippen LogP contribution in [0, 0.1) is 0 Å². The van der Waals surface area contributed by atoms with Crippen molar-refractivity contribution in [3.8, 4) is 28.6 Å². The molecule has 1 aromatic heterocycles. The number of aromatic hydroxyl groups is 2. The Morgan fingerprint density at radius 3 is 2.24 bits per heavy atom. The van der Waals surface area contributed by atoms with Crippen molar-refractivity contribution in [3.05, 3.63) is 47.8 Å². The Morgan fingerprint density at radius 1 is 0.971 bits per heavy atom. The van der Waals surface area contributed by atoms with Gasteiger partial charge in [0.15, 0.2) is 5.82 Å². The minimum Gasteiger partial charge on any atom is -0.508 e. The molecule has 2 aromatic carbocycles. The fourth-order valence-corrected chi connectivity index (χ4v) is 4.05. The number of morpholine rings is 1. The number of carbonyl (C=O) groups excluding carboxylic acids is 1. The van der Waals surface area contributed by atoms with Gasteiger partial charge in [-0.25, -0.2) is 0 Å². The molecule has 4 rings (SSSR count). The molecule has 3 aromatic rings. The molecule has 0 aliphatic carbocycles. The molecule has 1 aliphatic heterocycles. The Balaban J connectivity index is 1.83. The van der Waals surface area contributed by atoms with Crippen molar-refractivity contribution in [1.29, 1.82) is 0 Å². The first-order valence-electron chi connectivity index (χ1n) is 11.5. The molecule has 2 heterocycles. The van der Waals surface area contributed by atoms with Crippen LogP contribution >= 0.6 is 0 Å². The maximum absolute atomic E-state index is 13.0. The number of phenols is 2. The van der Waals surface area contributed by atoms with Crippen LogP contribution in [0.5, 0.6) is 11.5 Å². The molecule has 34 heavy (non-hydrogen) atoms. The largest absolute Gasteiger partial charge is 0.508 e. The number of phenolic OH excluding ortho intramolecular Hbond substituents is 2. The Kier molecular flexibility index (Phi) is 6.74. The molecule has 0 saturated carbocycles. The fraction of sp³-hybridized carbons (Fsp3) is 0.400. The molecule has 0 spiro atoms. The highest BCUT2D eigenvalue weighted by Crippen LogP contribution is 2.38. The third-order valence-corrected chi connectivity index (χ3v) is 5.78. The third-order valence-electron chi connectivity index (χ3n) is 5.78. The molecule has 0 radical (unpaired) electrons. The number of nitrogens with one attached hydrogen (secondary N) is 1. The predicted molar refractivity (Wildman–Crippen MR) is 130 cm³/mol. The van der Waals surface area contributed by atoms with Gasteiger partial charge in [0.2, 0.25) is 5.82 Å². The second-order valence-corrected chi connectivity index (χ2v) is 9.01. The maximum atomic E-state index is 13.0. The van der Waals surface area contributed by atoms with Crippen LogP contribution in [0.2, 0.25) is 0 Å². The summed E-state index contributed by atoms with van der Waals surface area (Å²) in [5.74, 6) is -0.0549. The number of nitrogens with zero attached hydrogens (tertiary/aromatic N) is 4. The van der Waals surface area contributed by atoms with Gasteiger partial charge >= 0.3 is 0 Å². The molecule has 0 unspecified atom stereocenters. The van der Waals surface area contributed by atoms with E-state index in [2.05, 4.69) is 20.4 Å². The average Bonchev–Trinajstić information content (AvgIpc) is 3.24. The Labute approximate surface area is 199 Å². The van der Waals surface area contributed by atoms with Gasteiger partial charge in [-0.3, -0.25) is 9.36 Å². The van der Waals surface area contributed by atoms with E-state index in [1.807, 2.05) is 52.0 Å². The van der Waals surface area contributed by atoms with Crippen molar-refractivity contribution < 1.29 is 19.7 Å². The number of anilines is 1. The molecule has 1 aliphatic rings. The topological polar surface area (TPSA) is 113 Å². The molecule has 3 N–H and O–H groups in total. The van der Waals surface area contributed by atoms with Crippen molar-refractivity contribution in [1.82, 2.24) is 20.1 Å². The van der Waals surface area contributed by atoms with E-state index in [0.29, 0.717) is 35.9 Å². The van der Waals surface area contributed by atoms with Crippen molar-refractivity contribution in [3.63, 3.8) is 0 Å². The van der Waals surface area contributed by atoms with Gasteiger partial charge in [0.05, 0.1) is 18.8 Å². The van der Waals surface area contributed by atoms with Crippen LogP contribution in [0.3, 0.4) is 0 Å². The van der Waals surface area contributed by atoms with Crippen LogP contribution in [0.15, 0.2) is 36.4 Å². The van der Waals surface area contributed by atoms with E-state index in [0.717, 1.165) is 18.8 Å². The minimum absolute atomic E-state index is 0.00922. The van der Waals surface area contributed by atoms with E-state index in [1.54, 1.807) is 10.6 Å². The first-order chi connectivity index (χ1) is 16.3. The molecule has 0 bridgehead atoms. The number of hydrogen-bond acceptors (Lipinski definition) is 7. The summed E-state index contributed by atoms with van der Waals surface area (Å²) >= 11 is 0. The monoisotopic (exact) mass is 465 g/mol. The van der Waals surface area contributed by atoms with Gasteiger partial charge in [-0.15, -0.1) is 10.2 Å². The standard InChI is InChI=1S/C25H31N5O4/c1-15(2)19-13-20(22(32)14-21(19)31)23-27-28-24(25(33)26-16(3)4)30(23)18-7-5-17(6-8-18)29-9-11-34-12-10-29/h5-8,13-16,31-32H,9-12H2,1-4H3,(H,26,33). The maximum Gasteiger partial charge on any atom is 0.289 e. The van der Waals surface area contributed by atoms with E-state index in [9.17, 15) is 15.0 Å². The molecule has 180 valence electrons. The molecular weight excluding hydrogens is 434 g/mol. The zero-order chi connectivity index (χ0) is 24.4. The van der Waals surface area contributed by atoms with Crippen LogP contribution in [0.25, 0.3) is 17.1 Å². The summed E-state index contributed by atoms with van der Waals surface area (Å²) in [6, 6.07) is 10.7. The number of benzene rings is 2. The fourth-order valence-electron chi connectivity index (χ4n) is 4.05. The number of rotatable bonds is 6. The SMILES string of the molecule is CC(C)NC(=O)c1nnc(-c2cc(C(C)C)c(O)cc2O)n1-c1ccc(N2CCOCC2)cc1. The van der Waals surface area contributed by atoms with Crippen molar-refractivity contribution in [2.24, 2.45) is 0 Å². The number of hydrogen-bond donors (Lipinski definition) is 3. The molecule has 1 amide bonds. The molecule has 1 fully saturated rings. The highest BCUT2D eigenvalue weighted by molar-refractivity contribution is 5.92. The van der Waals surface area contributed by atoms with Crippen LogP contribution in [0.1, 0.15) is 49.8 Å². The summed E-state index contributed by atoms with van der Waals surface area (Å²) in [4.78, 5) is 15.2. The summed E-state index contributed by atoms with van der Waals surface area (Å²) in [7, 11) is 0. The minimum atomic E-state index is -0.367. The lowest BCUT2D eigenvalue weighted by Crippen LogP contribution is -2.36. The molecule has 1 saturated heterocycles. The second-order valence-electron chi connectivity index (χ2n) is 9.01. The zero-order valence-corrected chi connectivity index (χ0v) is 19.9. The van der Waals surface area contributed by atoms with E-state index >= 15 is 0 Å². The third kappa shape index (κ3) is 4.70. The van der Waals surface area contributed by atoms with Gasteiger partial charge in [0, 0.05) is 36.6 Å². The van der Waals surface area contributed by atoms with Crippen LogP contribution in [-0.2, 0) is 4.74 Å². The Morgan fingerprint density at radius 2 is 1.62 bits per heavy atom. The van der Waals surface area contributed by atoms with Gasteiger partial charge in [-0.2, -0.15) is 0 Å². The lowest BCUT2D eigenvalue weighted by Gasteiger charge is -2.29. The summed E-state index contributed by atoms with van der Waals surface area (Å²) in [5.41, 5.74) is 2.79. The Bertz CT molecular complexity index is 1160. The van der Waals surface area contributed by atoms with Gasteiger partial charge in [0.1, 0.15) is 11.5 Å². The van der Waals surface area contributed by atoms with Crippen molar-refractivity contribution >= 4 is 11.6 Å². The van der Waals surface area contributed by atoms with E-state index in [1.165, 1.54) is 6.07 Å². The van der Waals surface area contributed by atoms with Gasteiger partial charge in [-0.05, 0) is 55.7 Å². The van der Waals surface area contributed by atoms with E-state index < -0.39 is 0 Å². The van der Waals surface area contributed by atoms with Crippen LogP contribution in [-0.4, -0.2) is 63.2 Å². The number of carbonyl (C=O) groups is 1. The summed E-state index contributed by atoms with van der Waals surface area (Å²) in [5, 5.41) is 32.3. The average molecular weight is 466 g/mol. The lowest BCUT2D eigenvalue weighted by atomic mass is 9.98. The van der Waals surface area contributed by atoms with Crippen LogP contribution in [0.4, 0.5) is 5.69 Å². The summed E-state index contributed by atoms with van der Waals surface area (Å²) < 4.78 is 7.08. The quantitative estimate of drug-likeness (QED) is 0.511. The van der Waals surface area contributed by atoms with Crippen molar-refractivity contribution in [2.45, 2.75) is 39.7 Å². The lowest BCUT2D eigenvalue weighted by molar-refractivity contribution is 0.0930. The highest BCUT2D eigenvalue weighted by atomic mass is 16.5.